The van der Waals surface area contributed by atoms with Gasteiger partial charge >= 0.3 is 0 Å². The van der Waals surface area contributed by atoms with Crippen LogP contribution in [0.3, 0.4) is 0 Å². The number of rotatable bonds is 7. The molecule has 0 fully saturated rings. The number of benzene rings is 2. The number of ether oxygens (including phenoxy) is 2. The summed E-state index contributed by atoms with van der Waals surface area (Å²) in [5, 5.41) is 2.88. The van der Waals surface area contributed by atoms with Crippen LogP contribution in [0.1, 0.15) is 6.92 Å². The normalized spacial score (nSPS) is 10.1. The summed E-state index contributed by atoms with van der Waals surface area (Å²) in [7, 11) is 1.61. The minimum atomic E-state index is -0.181. The van der Waals surface area contributed by atoms with Crippen LogP contribution in [0.4, 0.5) is 5.69 Å². The summed E-state index contributed by atoms with van der Waals surface area (Å²) < 4.78 is 10.5. The maximum absolute atomic E-state index is 12.0. The first-order valence-corrected chi connectivity index (χ1v) is 8.00. The van der Waals surface area contributed by atoms with Crippen molar-refractivity contribution >= 4 is 23.4 Å². The van der Waals surface area contributed by atoms with Crippen molar-refractivity contribution in [3.05, 3.63) is 48.5 Å². The number of amides is 1. The van der Waals surface area contributed by atoms with E-state index >= 15 is 0 Å². The topological polar surface area (TPSA) is 47.6 Å². The van der Waals surface area contributed by atoms with E-state index in [1.165, 1.54) is 0 Å². The molecular weight excluding hydrogens is 298 g/mol. The van der Waals surface area contributed by atoms with Gasteiger partial charge in [-0.05, 0) is 42.2 Å². The molecule has 0 saturated carbocycles. The SMILES string of the molecule is CCSc1ccccc1NC(=O)COc1ccc(OC)cc1. The molecule has 0 saturated heterocycles. The number of hydrogen-bond donors (Lipinski definition) is 1. The van der Waals surface area contributed by atoms with Crippen molar-refractivity contribution in [1.29, 1.82) is 0 Å². The Hall–Kier alpha value is -2.14. The number of thioether (sulfide) groups is 1. The Morgan fingerprint density at radius 1 is 1.09 bits per heavy atom. The number of hydrogen-bond acceptors (Lipinski definition) is 4. The Balaban J connectivity index is 1.90. The highest BCUT2D eigenvalue weighted by atomic mass is 32.2. The lowest BCUT2D eigenvalue weighted by Crippen LogP contribution is -2.20. The molecule has 0 aliphatic heterocycles. The predicted molar refractivity (Wildman–Crippen MR) is 90.0 cm³/mol. The Bertz CT molecular complexity index is 614. The van der Waals surface area contributed by atoms with Gasteiger partial charge in [-0.3, -0.25) is 4.79 Å². The van der Waals surface area contributed by atoms with Crippen molar-refractivity contribution in [2.24, 2.45) is 0 Å². The fraction of sp³-hybridized carbons (Fsp3) is 0.235. The van der Waals surface area contributed by atoms with Crippen LogP contribution < -0.4 is 14.8 Å². The molecule has 5 heteroatoms. The highest BCUT2D eigenvalue weighted by molar-refractivity contribution is 7.99. The third-order valence-corrected chi connectivity index (χ3v) is 3.85. The fourth-order valence-electron chi connectivity index (χ4n) is 1.86. The molecule has 0 radical (unpaired) electrons. The molecule has 0 aromatic heterocycles. The second-order valence-corrected chi connectivity index (χ2v) is 5.75. The van der Waals surface area contributed by atoms with Crippen LogP contribution in [0.15, 0.2) is 53.4 Å². The van der Waals surface area contributed by atoms with Gasteiger partial charge in [0.2, 0.25) is 0 Å². The van der Waals surface area contributed by atoms with Crippen LogP contribution in [0, 0.1) is 0 Å². The molecule has 0 unspecified atom stereocenters. The summed E-state index contributed by atoms with van der Waals surface area (Å²) in [4.78, 5) is 13.1. The molecule has 4 nitrogen and oxygen atoms in total. The fourth-order valence-corrected chi connectivity index (χ4v) is 2.62. The largest absolute Gasteiger partial charge is 0.497 e. The van der Waals surface area contributed by atoms with Gasteiger partial charge in [-0.2, -0.15) is 0 Å². The van der Waals surface area contributed by atoms with Crippen LogP contribution in [0.5, 0.6) is 11.5 Å². The Kier molecular flexibility index (Phi) is 6.15. The van der Waals surface area contributed by atoms with Gasteiger partial charge in [-0.15, -0.1) is 11.8 Å². The van der Waals surface area contributed by atoms with Crippen molar-refractivity contribution in [2.45, 2.75) is 11.8 Å². The molecule has 1 amide bonds. The second-order valence-electron chi connectivity index (χ2n) is 4.44. The zero-order valence-corrected chi connectivity index (χ0v) is 13.5. The van der Waals surface area contributed by atoms with E-state index in [1.807, 2.05) is 24.3 Å². The van der Waals surface area contributed by atoms with Gasteiger partial charge < -0.3 is 14.8 Å². The molecule has 2 aromatic carbocycles. The van der Waals surface area contributed by atoms with Crippen molar-refractivity contribution in [3.63, 3.8) is 0 Å². The summed E-state index contributed by atoms with van der Waals surface area (Å²) in [5.74, 6) is 2.16. The Labute approximate surface area is 134 Å². The first kappa shape index (κ1) is 16.2. The minimum absolute atomic E-state index is 0.0303. The summed E-state index contributed by atoms with van der Waals surface area (Å²) in [6.45, 7) is 2.05. The lowest BCUT2D eigenvalue weighted by Gasteiger charge is -2.11. The first-order chi connectivity index (χ1) is 10.7. The lowest BCUT2D eigenvalue weighted by atomic mass is 10.3. The van der Waals surface area contributed by atoms with Gasteiger partial charge in [0.1, 0.15) is 11.5 Å². The summed E-state index contributed by atoms with van der Waals surface area (Å²) in [5.41, 5.74) is 0.817. The molecule has 22 heavy (non-hydrogen) atoms. The Morgan fingerprint density at radius 3 is 2.45 bits per heavy atom. The number of carbonyl (C=O) groups excluding carboxylic acids is 1. The molecule has 0 atom stereocenters. The summed E-state index contributed by atoms with van der Waals surface area (Å²) in [6.07, 6.45) is 0. The van der Waals surface area contributed by atoms with Gasteiger partial charge in [0, 0.05) is 4.90 Å². The van der Waals surface area contributed by atoms with Crippen molar-refractivity contribution in [3.8, 4) is 11.5 Å². The molecule has 2 rings (SSSR count). The van der Waals surface area contributed by atoms with Crippen LogP contribution in [0.2, 0.25) is 0 Å². The molecular formula is C17H19NO3S. The number of anilines is 1. The Morgan fingerprint density at radius 2 is 1.77 bits per heavy atom. The van der Waals surface area contributed by atoms with Crippen LogP contribution >= 0.6 is 11.8 Å². The van der Waals surface area contributed by atoms with Crippen LogP contribution in [-0.4, -0.2) is 25.4 Å². The van der Waals surface area contributed by atoms with E-state index in [0.717, 1.165) is 22.1 Å². The average molecular weight is 317 g/mol. The average Bonchev–Trinajstić information content (AvgIpc) is 2.55. The van der Waals surface area contributed by atoms with Gasteiger partial charge in [0.15, 0.2) is 6.61 Å². The first-order valence-electron chi connectivity index (χ1n) is 7.01. The molecule has 0 bridgehead atoms. The van der Waals surface area contributed by atoms with E-state index in [1.54, 1.807) is 43.1 Å². The molecule has 1 N–H and O–H groups in total. The number of nitrogens with one attached hydrogen (secondary N) is 1. The van der Waals surface area contributed by atoms with Crippen LogP contribution in [-0.2, 0) is 4.79 Å². The van der Waals surface area contributed by atoms with Crippen molar-refractivity contribution < 1.29 is 14.3 Å². The van der Waals surface area contributed by atoms with Gasteiger partial charge in [-0.25, -0.2) is 0 Å². The van der Waals surface area contributed by atoms with E-state index in [2.05, 4.69) is 12.2 Å². The summed E-state index contributed by atoms with van der Waals surface area (Å²) >= 11 is 1.69. The maximum atomic E-state index is 12.0. The third kappa shape index (κ3) is 4.70. The highest BCUT2D eigenvalue weighted by Crippen LogP contribution is 2.26. The van der Waals surface area contributed by atoms with E-state index in [4.69, 9.17) is 9.47 Å². The number of para-hydroxylation sites is 1. The van der Waals surface area contributed by atoms with Crippen molar-refractivity contribution in [2.75, 3.05) is 24.8 Å². The lowest BCUT2D eigenvalue weighted by molar-refractivity contribution is -0.118. The van der Waals surface area contributed by atoms with Crippen LogP contribution in [0.25, 0.3) is 0 Å². The quantitative estimate of drug-likeness (QED) is 0.789. The maximum Gasteiger partial charge on any atom is 0.262 e. The van der Waals surface area contributed by atoms with E-state index in [-0.39, 0.29) is 12.5 Å². The monoisotopic (exact) mass is 317 g/mol. The van der Waals surface area contributed by atoms with Gasteiger partial charge in [-0.1, -0.05) is 19.1 Å². The predicted octanol–water partition coefficient (Wildman–Crippen LogP) is 3.82. The van der Waals surface area contributed by atoms with E-state index in [9.17, 15) is 4.79 Å². The molecule has 0 spiro atoms. The highest BCUT2D eigenvalue weighted by Gasteiger charge is 2.07. The minimum Gasteiger partial charge on any atom is -0.497 e. The molecule has 0 aliphatic rings. The number of carbonyl (C=O) groups is 1. The van der Waals surface area contributed by atoms with E-state index < -0.39 is 0 Å². The molecule has 0 heterocycles. The smallest absolute Gasteiger partial charge is 0.262 e. The molecule has 2 aromatic rings. The van der Waals surface area contributed by atoms with Gasteiger partial charge in [0.05, 0.1) is 12.8 Å². The summed E-state index contributed by atoms with van der Waals surface area (Å²) in [6, 6.07) is 14.9. The zero-order chi connectivity index (χ0) is 15.8. The molecule has 0 aliphatic carbocycles. The van der Waals surface area contributed by atoms with Gasteiger partial charge in [0.25, 0.3) is 5.91 Å². The zero-order valence-electron chi connectivity index (χ0n) is 12.7. The van der Waals surface area contributed by atoms with E-state index in [0.29, 0.717) is 5.75 Å². The second kappa shape index (κ2) is 8.34. The standard InChI is InChI=1S/C17H19NO3S/c1-3-22-16-7-5-4-6-15(16)18-17(19)12-21-14-10-8-13(20-2)9-11-14/h4-11H,3,12H2,1-2H3,(H,18,19). The number of methoxy groups -OCH3 is 1. The molecule has 116 valence electrons. The third-order valence-electron chi connectivity index (χ3n) is 2.89. The van der Waals surface area contributed by atoms with Crippen molar-refractivity contribution in [1.82, 2.24) is 0 Å².